The molecule has 1 fully saturated rings. The highest BCUT2D eigenvalue weighted by Crippen LogP contribution is 2.39. The van der Waals surface area contributed by atoms with E-state index in [1.54, 1.807) is 0 Å². The molecule has 1 aliphatic rings. The second-order valence-corrected chi connectivity index (χ2v) is 8.73. The van der Waals surface area contributed by atoms with Crippen LogP contribution in [0.25, 0.3) is 20.4 Å². The van der Waals surface area contributed by atoms with Gasteiger partial charge in [-0.15, -0.1) is 0 Å². The Balaban J connectivity index is 1.52. The molecule has 11 heteroatoms. The van der Waals surface area contributed by atoms with Gasteiger partial charge in [0.25, 0.3) is 0 Å². The summed E-state index contributed by atoms with van der Waals surface area (Å²) in [6.07, 6.45) is 2.14. The molecule has 1 amide bonds. The summed E-state index contributed by atoms with van der Waals surface area (Å²) < 4.78 is 6.42. The summed E-state index contributed by atoms with van der Waals surface area (Å²) in [5.74, 6) is -0.279. The number of hydrogen-bond acceptors (Lipinski definition) is 9. The summed E-state index contributed by atoms with van der Waals surface area (Å²) in [7, 11) is 1.34. The number of benzene rings is 1. The van der Waals surface area contributed by atoms with Crippen LogP contribution in [0.4, 0.5) is 10.3 Å². The van der Waals surface area contributed by atoms with Crippen molar-refractivity contribution in [3.63, 3.8) is 0 Å². The average molecular weight is 440 g/mol. The molecule has 0 unspecified atom stereocenters. The van der Waals surface area contributed by atoms with Gasteiger partial charge in [0.15, 0.2) is 10.3 Å². The predicted molar refractivity (Wildman–Crippen MR) is 113 cm³/mol. The number of rotatable bonds is 6. The number of anilines is 2. The molecule has 3 heterocycles. The van der Waals surface area contributed by atoms with Crippen LogP contribution in [-0.2, 0) is 14.3 Å². The number of fused-ring (bicyclic) bond motifs is 2. The van der Waals surface area contributed by atoms with E-state index in [0.29, 0.717) is 26.3 Å². The maximum absolute atomic E-state index is 12.2. The SMILES string of the molecule is COC(=O)CNc1nc2c(Cl)c3nc(NCC(=O)N4CCCC4)sc3cc2s1. The molecule has 4 rings (SSSR count). The van der Waals surface area contributed by atoms with Gasteiger partial charge in [-0.3, -0.25) is 9.59 Å². The van der Waals surface area contributed by atoms with E-state index in [1.807, 2.05) is 11.0 Å². The fraction of sp³-hybridized carbons (Fsp3) is 0.412. The van der Waals surface area contributed by atoms with Crippen LogP contribution in [0.15, 0.2) is 6.07 Å². The van der Waals surface area contributed by atoms with Gasteiger partial charge in [-0.05, 0) is 18.9 Å². The number of nitrogens with zero attached hydrogens (tertiary/aromatic N) is 3. The smallest absolute Gasteiger partial charge is 0.325 e. The van der Waals surface area contributed by atoms with E-state index < -0.39 is 0 Å². The van der Waals surface area contributed by atoms with Crippen LogP contribution >= 0.6 is 34.3 Å². The van der Waals surface area contributed by atoms with E-state index in [-0.39, 0.29) is 25.0 Å². The van der Waals surface area contributed by atoms with Crippen molar-refractivity contribution in [1.82, 2.24) is 14.9 Å². The maximum atomic E-state index is 12.2. The van der Waals surface area contributed by atoms with Crippen LogP contribution in [0, 0.1) is 0 Å². The molecule has 0 bridgehead atoms. The molecule has 0 radical (unpaired) electrons. The molecule has 1 saturated heterocycles. The second-order valence-electron chi connectivity index (χ2n) is 6.29. The minimum atomic E-state index is -0.368. The monoisotopic (exact) mass is 439 g/mol. The van der Waals surface area contributed by atoms with Gasteiger partial charge in [-0.25, -0.2) is 9.97 Å². The topological polar surface area (TPSA) is 96.5 Å². The summed E-state index contributed by atoms with van der Waals surface area (Å²) in [6, 6.07) is 1.97. The molecule has 0 aliphatic carbocycles. The third kappa shape index (κ3) is 3.85. The normalized spacial score (nSPS) is 14.0. The molecular weight excluding hydrogens is 422 g/mol. The van der Waals surface area contributed by atoms with Crippen molar-refractivity contribution in [2.75, 3.05) is 43.9 Å². The minimum Gasteiger partial charge on any atom is -0.468 e. The predicted octanol–water partition coefficient (Wildman–Crippen LogP) is 3.18. The Hall–Kier alpha value is -2.17. The van der Waals surface area contributed by atoms with E-state index in [2.05, 4.69) is 25.3 Å². The van der Waals surface area contributed by atoms with Crippen LogP contribution < -0.4 is 10.6 Å². The molecule has 0 atom stereocenters. The average Bonchev–Trinajstić information content (AvgIpc) is 3.43. The zero-order valence-electron chi connectivity index (χ0n) is 15.1. The standard InChI is InChI=1S/C17H18ClN5O3S2/c1-26-12(25)8-20-17-22-15-10(28-17)6-9-14(13(15)18)21-16(27-9)19-7-11(24)23-4-2-3-5-23/h6H,2-5,7-8H2,1H3,(H,19,21)(H,20,22). The van der Waals surface area contributed by atoms with Crippen molar-refractivity contribution in [2.24, 2.45) is 0 Å². The number of esters is 1. The summed E-state index contributed by atoms with van der Waals surface area (Å²) >= 11 is 9.38. The molecule has 148 valence electrons. The number of carbonyl (C=O) groups excluding carboxylic acids is 2. The minimum absolute atomic E-state index is 0.0413. The first kappa shape index (κ1) is 19.2. The van der Waals surface area contributed by atoms with E-state index in [1.165, 1.54) is 29.8 Å². The van der Waals surface area contributed by atoms with Gasteiger partial charge in [0.2, 0.25) is 5.91 Å². The third-order valence-electron chi connectivity index (χ3n) is 4.45. The van der Waals surface area contributed by atoms with E-state index in [9.17, 15) is 9.59 Å². The van der Waals surface area contributed by atoms with Gasteiger partial charge in [-0.1, -0.05) is 34.3 Å². The molecule has 2 N–H and O–H groups in total. The van der Waals surface area contributed by atoms with Crippen LogP contribution in [-0.4, -0.2) is 60.0 Å². The summed E-state index contributed by atoms with van der Waals surface area (Å²) in [5.41, 5.74) is 1.29. The number of halogens is 1. The number of thiazole rings is 2. The molecular formula is C17H18ClN5O3S2. The highest BCUT2D eigenvalue weighted by molar-refractivity contribution is 7.24. The molecule has 2 aromatic heterocycles. The van der Waals surface area contributed by atoms with Gasteiger partial charge >= 0.3 is 5.97 Å². The van der Waals surface area contributed by atoms with Gasteiger partial charge in [0.05, 0.1) is 28.1 Å². The van der Waals surface area contributed by atoms with Crippen LogP contribution in [0.5, 0.6) is 0 Å². The number of methoxy groups -OCH3 is 1. The Morgan fingerprint density at radius 1 is 1.11 bits per heavy atom. The molecule has 0 saturated carbocycles. The van der Waals surface area contributed by atoms with Crippen molar-refractivity contribution in [3.8, 4) is 0 Å². The molecule has 3 aromatic rings. The van der Waals surface area contributed by atoms with E-state index in [4.69, 9.17) is 11.6 Å². The number of carbonyl (C=O) groups is 2. The summed E-state index contributed by atoms with van der Waals surface area (Å²) in [4.78, 5) is 34.3. The van der Waals surface area contributed by atoms with Crippen molar-refractivity contribution >= 4 is 76.8 Å². The molecule has 1 aliphatic heterocycles. The Bertz CT molecular complexity index is 1040. The number of aromatic nitrogens is 2. The van der Waals surface area contributed by atoms with E-state index in [0.717, 1.165) is 35.3 Å². The fourth-order valence-electron chi connectivity index (χ4n) is 3.01. The first-order chi connectivity index (χ1) is 13.5. The lowest BCUT2D eigenvalue weighted by molar-refractivity contribution is -0.138. The maximum Gasteiger partial charge on any atom is 0.325 e. The number of likely N-dealkylation sites (tertiary alicyclic amines) is 1. The fourth-order valence-corrected chi connectivity index (χ4v) is 5.30. The summed E-state index contributed by atoms with van der Waals surface area (Å²) in [5, 5.41) is 7.76. The lowest BCUT2D eigenvalue weighted by atomic mass is 10.3. The summed E-state index contributed by atoms with van der Waals surface area (Å²) in [6.45, 7) is 1.94. The Kier molecular flexibility index (Phi) is 5.51. The highest BCUT2D eigenvalue weighted by Gasteiger charge is 2.19. The van der Waals surface area contributed by atoms with Gasteiger partial charge < -0.3 is 20.3 Å². The first-order valence-electron chi connectivity index (χ1n) is 8.77. The quantitative estimate of drug-likeness (QED) is 0.569. The number of hydrogen-bond donors (Lipinski definition) is 2. The lowest BCUT2D eigenvalue weighted by Crippen LogP contribution is -2.32. The zero-order valence-corrected chi connectivity index (χ0v) is 17.5. The van der Waals surface area contributed by atoms with Gasteiger partial charge in [0, 0.05) is 13.1 Å². The number of ether oxygens (including phenoxy) is 1. The Labute approximate surface area is 173 Å². The Morgan fingerprint density at radius 2 is 1.68 bits per heavy atom. The van der Waals surface area contributed by atoms with E-state index >= 15 is 0 Å². The number of amides is 1. The third-order valence-corrected chi connectivity index (χ3v) is 6.72. The number of nitrogens with one attached hydrogen (secondary N) is 2. The second kappa shape index (κ2) is 8.06. The highest BCUT2D eigenvalue weighted by atomic mass is 35.5. The molecule has 1 aromatic carbocycles. The largest absolute Gasteiger partial charge is 0.468 e. The van der Waals surface area contributed by atoms with Crippen molar-refractivity contribution in [3.05, 3.63) is 11.1 Å². The molecule has 0 spiro atoms. The van der Waals surface area contributed by atoms with Crippen LogP contribution in [0.1, 0.15) is 12.8 Å². The lowest BCUT2D eigenvalue weighted by Gasteiger charge is -2.14. The van der Waals surface area contributed by atoms with Crippen molar-refractivity contribution in [1.29, 1.82) is 0 Å². The van der Waals surface area contributed by atoms with Gasteiger partial charge in [0.1, 0.15) is 17.6 Å². The molecule has 8 nitrogen and oxygen atoms in total. The van der Waals surface area contributed by atoms with Crippen LogP contribution in [0.2, 0.25) is 5.02 Å². The van der Waals surface area contributed by atoms with Crippen LogP contribution in [0.3, 0.4) is 0 Å². The van der Waals surface area contributed by atoms with Crippen molar-refractivity contribution in [2.45, 2.75) is 12.8 Å². The first-order valence-corrected chi connectivity index (χ1v) is 10.8. The molecule has 28 heavy (non-hydrogen) atoms. The van der Waals surface area contributed by atoms with Gasteiger partial charge in [-0.2, -0.15) is 0 Å². The zero-order chi connectivity index (χ0) is 19.7. The Morgan fingerprint density at radius 3 is 2.25 bits per heavy atom. The van der Waals surface area contributed by atoms with Crippen molar-refractivity contribution < 1.29 is 14.3 Å².